The minimum absolute atomic E-state index is 0.0263. The van der Waals surface area contributed by atoms with Crippen molar-refractivity contribution in [3.05, 3.63) is 0 Å². The zero-order valence-electron chi connectivity index (χ0n) is 9.62. The van der Waals surface area contributed by atoms with Crippen LogP contribution in [0.5, 0.6) is 0 Å². The number of rotatable bonds is 7. The smallest absolute Gasteiger partial charge is 0.303 e. The summed E-state index contributed by atoms with van der Waals surface area (Å²) >= 11 is 0. The van der Waals surface area contributed by atoms with Crippen LogP contribution in [0.3, 0.4) is 0 Å². The van der Waals surface area contributed by atoms with Crippen LogP contribution in [0.15, 0.2) is 0 Å². The third-order valence-electron chi connectivity index (χ3n) is 1.98. The molecule has 0 rings (SSSR count). The number of aliphatic carboxylic acids is 1. The molecule has 1 atom stereocenters. The molecule has 0 saturated carbocycles. The van der Waals surface area contributed by atoms with E-state index < -0.39 is 5.97 Å². The molecular weight excluding hydrogens is 196 g/mol. The van der Waals surface area contributed by atoms with Crippen LogP contribution in [0.1, 0.15) is 26.2 Å². The fourth-order valence-electron chi connectivity index (χ4n) is 1.08. The first-order valence-electron chi connectivity index (χ1n) is 5.07. The summed E-state index contributed by atoms with van der Waals surface area (Å²) in [5.41, 5.74) is 0. The zero-order valence-corrected chi connectivity index (χ0v) is 9.62. The van der Waals surface area contributed by atoms with Crippen molar-refractivity contribution in [2.24, 2.45) is 0 Å². The van der Waals surface area contributed by atoms with Gasteiger partial charge in [0.25, 0.3) is 0 Å². The van der Waals surface area contributed by atoms with Crippen molar-refractivity contribution in [3.8, 4) is 0 Å². The second-order valence-corrected chi connectivity index (χ2v) is 3.95. The van der Waals surface area contributed by atoms with Gasteiger partial charge in [0.05, 0.1) is 0 Å². The average Bonchev–Trinajstić information content (AvgIpc) is 2.11. The van der Waals surface area contributed by atoms with Crippen LogP contribution in [0.25, 0.3) is 0 Å². The Kier molecular flexibility index (Phi) is 6.70. The van der Waals surface area contributed by atoms with Gasteiger partial charge >= 0.3 is 5.97 Å². The molecule has 0 saturated heterocycles. The van der Waals surface area contributed by atoms with Gasteiger partial charge in [-0.3, -0.25) is 9.59 Å². The van der Waals surface area contributed by atoms with Gasteiger partial charge in [0.2, 0.25) is 5.91 Å². The molecule has 88 valence electrons. The summed E-state index contributed by atoms with van der Waals surface area (Å²) in [5, 5.41) is 11.2. The van der Waals surface area contributed by atoms with Crippen LogP contribution in [0.4, 0.5) is 0 Å². The fourth-order valence-corrected chi connectivity index (χ4v) is 1.08. The Morgan fingerprint density at radius 3 is 2.40 bits per heavy atom. The summed E-state index contributed by atoms with van der Waals surface area (Å²) in [6.45, 7) is 2.52. The lowest BCUT2D eigenvalue weighted by Crippen LogP contribution is -2.34. The van der Waals surface area contributed by atoms with Gasteiger partial charge in [-0.05, 0) is 27.4 Å². The minimum atomic E-state index is -0.829. The molecule has 0 aromatic carbocycles. The second kappa shape index (κ2) is 7.23. The van der Waals surface area contributed by atoms with Gasteiger partial charge in [0.15, 0.2) is 0 Å². The van der Waals surface area contributed by atoms with E-state index in [1.54, 1.807) is 0 Å². The highest BCUT2D eigenvalue weighted by Crippen LogP contribution is 1.97. The van der Waals surface area contributed by atoms with Crippen LogP contribution < -0.4 is 5.32 Å². The average molecular weight is 216 g/mol. The second-order valence-electron chi connectivity index (χ2n) is 3.95. The maximum Gasteiger partial charge on any atom is 0.303 e. The first kappa shape index (κ1) is 13.9. The van der Waals surface area contributed by atoms with Crippen molar-refractivity contribution in [2.75, 3.05) is 20.6 Å². The topological polar surface area (TPSA) is 69.6 Å². The Balaban J connectivity index is 3.62. The molecule has 2 N–H and O–H groups in total. The Morgan fingerprint density at radius 1 is 1.33 bits per heavy atom. The number of nitrogens with zero attached hydrogens (tertiary/aromatic N) is 1. The van der Waals surface area contributed by atoms with Crippen molar-refractivity contribution in [3.63, 3.8) is 0 Å². The maximum atomic E-state index is 11.3. The molecular formula is C10H20N2O3. The third kappa shape index (κ3) is 9.21. The summed E-state index contributed by atoms with van der Waals surface area (Å²) in [6, 6.07) is -0.0734. The van der Waals surface area contributed by atoms with E-state index in [1.165, 1.54) is 0 Å². The van der Waals surface area contributed by atoms with Gasteiger partial charge in [-0.2, -0.15) is 0 Å². The lowest BCUT2D eigenvalue weighted by atomic mass is 10.2. The zero-order chi connectivity index (χ0) is 11.8. The van der Waals surface area contributed by atoms with Crippen LogP contribution in [-0.4, -0.2) is 48.6 Å². The predicted molar refractivity (Wildman–Crippen MR) is 57.6 cm³/mol. The first-order valence-corrected chi connectivity index (χ1v) is 5.07. The maximum absolute atomic E-state index is 11.3. The molecule has 0 bridgehead atoms. The van der Waals surface area contributed by atoms with E-state index in [4.69, 9.17) is 5.11 Å². The number of carboxylic acids is 1. The summed E-state index contributed by atoms with van der Waals surface area (Å²) in [4.78, 5) is 23.5. The lowest BCUT2D eigenvalue weighted by molar-refractivity contribution is -0.137. The van der Waals surface area contributed by atoms with Crippen molar-refractivity contribution < 1.29 is 14.7 Å². The summed E-state index contributed by atoms with van der Waals surface area (Å²) in [6.07, 6.45) is 1.02. The molecule has 5 heteroatoms. The van der Waals surface area contributed by atoms with E-state index in [-0.39, 0.29) is 18.4 Å². The molecule has 0 fully saturated rings. The minimum Gasteiger partial charge on any atom is -0.481 e. The van der Waals surface area contributed by atoms with Crippen molar-refractivity contribution >= 4 is 11.9 Å². The SMILES string of the molecule is CC(CCC(=O)O)NC(=O)CCN(C)C. The largest absolute Gasteiger partial charge is 0.481 e. The van der Waals surface area contributed by atoms with Crippen molar-refractivity contribution in [1.82, 2.24) is 10.2 Å². The number of carbonyl (C=O) groups is 2. The van der Waals surface area contributed by atoms with E-state index in [2.05, 4.69) is 5.32 Å². The first-order chi connectivity index (χ1) is 6.91. The summed E-state index contributed by atoms with van der Waals surface area (Å²) in [5.74, 6) is -0.856. The van der Waals surface area contributed by atoms with Gasteiger partial charge in [-0.1, -0.05) is 0 Å². The quantitative estimate of drug-likeness (QED) is 0.642. The number of hydrogen-bond acceptors (Lipinski definition) is 3. The highest BCUT2D eigenvalue weighted by atomic mass is 16.4. The Bertz CT molecular complexity index is 217. The molecule has 0 radical (unpaired) electrons. The Morgan fingerprint density at radius 2 is 1.93 bits per heavy atom. The van der Waals surface area contributed by atoms with Crippen LogP contribution >= 0.6 is 0 Å². The van der Waals surface area contributed by atoms with Gasteiger partial charge in [0.1, 0.15) is 0 Å². The normalized spacial score (nSPS) is 12.5. The van der Waals surface area contributed by atoms with Gasteiger partial charge in [-0.15, -0.1) is 0 Å². The van der Waals surface area contributed by atoms with E-state index in [1.807, 2.05) is 25.9 Å². The molecule has 0 aliphatic rings. The van der Waals surface area contributed by atoms with E-state index in [9.17, 15) is 9.59 Å². The molecule has 0 aliphatic heterocycles. The van der Waals surface area contributed by atoms with Crippen molar-refractivity contribution in [2.45, 2.75) is 32.2 Å². The monoisotopic (exact) mass is 216 g/mol. The molecule has 0 aromatic heterocycles. The number of amides is 1. The molecule has 5 nitrogen and oxygen atoms in total. The van der Waals surface area contributed by atoms with Crippen LogP contribution in [-0.2, 0) is 9.59 Å². The summed E-state index contributed by atoms with van der Waals surface area (Å²) < 4.78 is 0. The molecule has 0 aromatic rings. The highest BCUT2D eigenvalue weighted by Gasteiger charge is 2.08. The van der Waals surface area contributed by atoms with Crippen molar-refractivity contribution in [1.29, 1.82) is 0 Å². The molecule has 15 heavy (non-hydrogen) atoms. The molecule has 1 unspecified atom stereocenters. The number of hydrogen-bond donors (Lipinski definition) is 2. The number of carbonyl (C=O) groups excluding carboxylic acids is 1. The molecule has 0 aliphatic carbocycles. The van der Waals surface area contributed by atoms with Gasteiger partial charge in [0, 0.05) is 25.4 Å². The number of nitrogens with one attached hydrogen (secondary N) is 1. The van der Waals surface area contributed by atoms with Gasteiger partial charge < -0.3 is 15.3 Å². The molecule has 0 heterocycles. The van der Waals surface area contributed by atoms with E-state index in [0.717, 1.165) is 0 Å². The molecule has 1 amide bonds. The van der Waals surface area contributed by atoms with E-state index >= 15 is 0 Å². The molecule has 0 spiro atoms. The standard InChI is InChI=1S/C10H20N2O3/c1-8(4-5-10(14)15)11-9(13)6-7-12(2)3/h8H,4-7H2,1-3H3,(H,11,13)(H,14,15). The van der Waals surface area contributed by atoms with Crippen LogP contribution in [0.2, 0.25) is 0 Å². The lowest BCUT2D eigenvalue weighted by Gasteiger charge is -2.14. The van der Waals surface area contributed by atoms with E-state index in [0.29, 0.717) is 19.4 Å². The highest BCUT2D eigenvalue weighted by molar-refractivity contribution is 5.76. The summed E-state index contributed by atoms with van der Waals surface area (Å²) in [7, 11) is 3.81. The fraction of sp³-hybridized carbons (Fsp3) is 0.800. The third-order valence-corrected chi connectivity index (χ3v) is 1.98. The Hall–Kier alpha value is -1.10. The van der Waals surface area contributed by atoms with Gasteiger partial charge in [-0.25, -0.2) is 0 Å². The van der Waals surface area contributed by atoms with Crippen LogP contribution in [0, 0.1) is 0 Å². The number of carboxylic acid groups (broad SMARTS) is 1. The Labute approximate surface area is 90.5 Å². The predicted octanol–water partition coefficient (Wildman–Crippen LogP) is 0.308.